The van der Waals surface area contributed by atoms with Gasteiger partial charge in [0.15, 0.2) is 0 Å². The van der Waals surface area contributed by atoms with Crippen LogP contribution in [0.25, 0.3) is 0 Å². The van der Waals surface area contributed by atoms with Crippen LogP contribution in [0.3, 0.4) is 0 Å². The molecular formula is C13H20N4O3. The summed E-state index contributed by atoms with van der Waals surface area (Å²) in [5.74, 6) is -0.814. The minimum Gasteiger partial charge on any atom is -0.481 e. The van der Waals surface area contributed by atoms with Crippen LogP contribution >= 0.6 is 0 Å². The van der Waals surface area contributed by atoms with E-state index < -0.39 is 11.4 Å². The molecule has 2 amide bonds. The van der Waals surface area contributed by atoms with Gasteiger partial charge >= 0.3 is 12.0 Å². The number of carboxylic acid groups (broad SMARTS) is 1. The molecule has 0 spiro atoms. The lowest BCUT2D eigenvalue weighted by Gasteiger charge is -2.33. The quantitative estimate of drug-likeness (QED) is 0.651. The van der Waals surface area contributed by atoms with E-state index in [9.17, 15) is 14.7 Å². The number of urea groups is 1. The molecule has 0 saturated heterocycles. The largest absolute Gasteiger partial charge is 0.481 e. The monoisotopic (exact) mass is 280 g/mol. The van der Waals surface area contributed by atoms with Gasteiger partial charge in [0, 0.05) is 12.7 Å². The molecule has 110 valence electrons. The van der Waals surface area contributed by atoms with Crippen molar-refractivity contribution < 1.29 is 14.7 Å². The lowest BCUT2D eigenvalue weighted by atomic mass is 9.74. The van der Waals surface area contributed by atoms with Crippen molar-refractivity contribution in [2.75, 3.05) is 6.54 Å². The third kappa shape index (κ3) is 3.49. The number of nitrogens with zero attached hydrogens (tertiary/aromatic N) is 1. The zero-order valence-corrected chi connectivity index (χ0v) is 11.3. The lowest BCUT2D eigenvalue weighted by molar-refractivity contribution is -0.150. The van der Waals surface area contributed by atoms with Crippen molar-refractivity contribution in [2.45, 2.75) is 38.6 Å². The Morgan fingerprint density at radius 3 is 2.65 bits per heavy atom. The number of carbonyl (C=O) groups is 2. The smallest absolute Gasteiger partial charge is 0.315 e. The molecule has 1 aromatic rings. The van der Waals surface area contributed by atoms with Crippen LogP contribution in [0.2, 0.25) is 0 Å². The number of carbonyl (C=O) groups excluding carboxylic acids is 1. The molecule has 0 radical (unpaired) electrons. The number of hydrogen-bond donors (Lipinski definition) is 4. The van der Waals surface area contributed by atoms with E-state index in [0.29, 0.717) is 19.4 Å². The number of hydrogen-bond acceptors (Lipinski definition) is 3. The lowest BCUT2D eigenvalue weighted by Crippen LogP contribution is -2.47. The number of imidazole rings is 1. The van der Waals surface area contributed by atoms with Crippen molar-refractivity contribution in [3.8, 4) is 0 Å². The van der Waals surface area contributed by atoms with Crippen LogP contribution in [0.4, 0.5) is 4.79 Å². The molecule has 1 aromatic heterocycles. The molecule has 0 aromatic carbocycles. The van der Waals surface area contributed by atoms with Crippen LogP contribution in [-0.4, -0.2) is 33.6 Å². The summed E-state index contributed by atoms with van der Waals surface area (Å²) in [6, 6.07) is -0.356. The molecule has 4 N–H and O–H groups in total. The van der Waals surface area contributed by atoms with Crippen LogP contribution < -0.4 is 10.6 Å². The average molecular weight is 280 g/mol. The maximum Gasteiger partial charge on any atom is 0.315 e. The van der Waals surface area contributed by atoms with Crippen LogP contribution in [-0.2, 0) is 11.3 Å². The Bertz CT molecular complexity index is 452. The number of amides is 2. The second kappa shape index (κ2) is 6.40. The predicted octanol–water partition coefficient (Wildman–Crippen LogP) is 1.24. The Morgan fingerprint density at radius 1 is 1.30 bits per heavy atom. The topological polar surface area (TPSA) is 107 Å². The van der Waals surface area contributed by atoms with Crippen molar-refractivity contribution in [3.05, 3.63) is 18.2 Å². The molecule has 1 fully saturated rings. The minimum atomic E-state index is -0.814. The van der Waals surface area contributed by atoms with Crippen LogP contribution in [0, 0.1) is 5.41 Å². The first-order valence-electron chi connectivity index (χ1n) is 6.85. The fraction of sp³-hybridized carbons (Fsp3) is 0.615. The molecule has 1 aliphatic carbocycles. The highest BCUT2D eigenvalue weighted by molar-refractivity contribution is 5.78. The number of H-pyrrole nitrogens is 1. The molecule has 0 bridgehead atoms. The fourth-order valence-electron chi connectivity index (χ4n) is 2.56. The van der Waals surface area contributed by atoms with Gasteiger partial charge in [-0.2, -0.15) is 0 Å². The summed E-state index contributed by atoms with van der Waals surface area (Å²) in [4.78, 5) is 29.9. The van der Waals surface area contributed by atoms with Gasteiger partial charge in [0.2, 0.25) is 0 Å². The Hall–Kier alpha value is -2.05. The Kier molecular flexibility index (Phi) is 4.60. The Balaban J connectivity index is 1.80. The number of aromatic nitrogens is 2. The maximum absolute atomic E-state index is 11.7. The number of nitrogens with one attached hydrogen (secondary N) is 3. The Labute approximate surface area is 117 Å². The van der Waals surface area contributed by atoms with Crippen molar-refractivity contribution >= 4 is 12.0 Å². The van der Waals surface area contributed by atoms with Gasteiger partial charge in [0.25, 0.3) is 0 Å². The second-order valence-electron chi connectivity index (χ2n) is 5.26. The van der Waals surface area contributed by atoms with E-state index in [1.165, 1.54) is 6.33 Å². The van der Waals surface area contributed by atoms with Gasteiger partial charge < -0.3 is 20.7 Å². The standard InChI is InChI=1S/C13H20N4O3/c18-11(19)13(4-2-1-3-5-13)8-16-12(20)15-7-10-6-14-9-17-10/h6,9H,1-5,7-8H2,(H,14,17)(H,18,19)(H2,15,16,20). The highest BCUT2D eigenvalue weighted by atomic mass is 16.4. The van der Waals surface area contributed by atoms with Crippen molar-refractivity contribution in [1.29, 1.82) is 0 Å². The molecule has 20 heavy (non-hydrogen) atoms. The van der Waals surface area contributed by atoms with Gasteiger partial charge in [-0.05, 0) is 12.8 Å². The van der Waals surface area contributed by atoms with Gasteiger partial charge in [-0.1, -0.05) is 19.3 Å². The van der Waals surface area contributed by atoms with Gasteiger partial charge in [0.1, 0.15) is 0 Å². The average Bonchev–Trinajstić information content (AvgIpc) is 2.97. The molecule has 2 rings (SSSR count). The molecule has 1 heterocycles. The van der Waals surface area contributed by atoms with E-state index in [0.717, 1.165) is 25.0 Å². The summed E-state index contributed by atoms with van der Waals surface area (Å²) in [5, 5.41) is 14.7. The Morgan fingerprint density at radius 2 is 2.05 bits per heavy atom. The summed E-state index contributed by atoms with van der Waals surface area (Å²) in [5.41, 5.74) is -0.00500. The van der Waals surface area contributed by atoms with Gasteiger partial charge in [0.05, 0.1) is 24.0 Å². The zero-order valence-electron chi connectivity index (χ0n) is 11.3. The summed E-state index contributed by atoms with van der Waals surface area (Å²) in [6.07, 6.45) is 7.30. The van der Waals surface area contributed by atoms with Gasteiger partial charge in [-0.3, -0.25) is 4.79 Å². The molecule has 0 unspecified atom stereocenters. The van der Waals surface area contributed by atoms with Gasteiger partial charge in [-0.25, -0.2) is 9.78 Å². The molecule has 0 aliphatic heterocycles. The fourth-order valence-corrected chi connectivity index (χ4v) is 2.56. The number of rotatable bonds is 5. The molecule has 7 heteroatoms. The SMILES string of the molecule is O=C(NCc1cnc[nH]1)NCC1(C(=O)O)CCCCC1. The normalized spacial score (nSPS) is 17.4. The van der Waals surface area contributed by atoms with E-state index in [1.54, 1.807) is 6.20 Å². The number of carboxylic acids is 1. The van der Waals surface area contributed by atoms with Crippen molar-refractivity contribution in [1.82, 2.24) is 20.6 Å². The minimum absolute atomic E-state index is 0.178. The third-order valence-electron chi connectivity index (χ3n) is 3.85. The van der Waals surface area contributed by atoms with Crippen LogP contribution in [0.5, 0.6) is 0 Å². The third-order valence-corrected chi connectivity index (χ3v) is 3.85. The number of aromatic amines is 1. The summed E-state index contributed by atoms with van der Waals surface area (Å²) < 4.78 is 0. The van der Waals surface area contributed by atoms with Crippen LogP contribution in [0.1, 0.15) is 37.8 Å². The van der Waals surface area contributed by atoms with Crippen molar-refractivity contribution in [3.63, 3.8) is 0 Å². The van der Waals surface area contributed by atoms with Crippen molar-refractivity contribution in [2.24, 2.45) is 5.41 Å². The molecule has 1 aliphatic rings. The molecule has 7 nitrogen and oxygen atoms in total. The highest BCUT2D eigenvalue weighted by Crippen LogP contribution is 2.35. The van der Waals surface area contributed by atoms with E-state index in [-0.39, 0.29) is 12.6 Å². The van der Waals surface area contributed by atoms with E-state index in [4.69, 9.17) is 0 Å². The molecule has 0 atom stereocenters. The first-order chi connectivity index (χ1) is 9.62. The van der Waals surface area contributed by atoms with E-state index in [1.807, 2.05) is 0 Å². The van der Waals surface area contributed by atoms with Gasteiger partial charge in [-0.15, -0.1) is 0 Å². The zero-order chi connectivity index (χ0) is 14.4. The molecule has 1 saturated carbocycles. The molecular weight excluding hydrogens is 260 g/mol. The predicted molar refractivity (Wildman–Crippen MR) is 72.0 cm³/mol. The first-order valence-corrected chi connectivity index (χ1v) is 6.85. The first kappa shape index (κ1) is 14.4. The summed E-state index contributed by atoms with van der Waals surface area (Å²) >= 11 is 0. The summed E-state index contributed by atoms with van der Waals surface area (Å²) in [6.45, 7) is 0.517. The van der Waals surface area contributed by atoms with E-state index >= 15 is 0 Å². The van der Waals surface area contributed by atoms with Crippen LogP contribution in [0.15, 0.2) is 12.5 Å². The maximum atomic E-state index is 11.7. The number of aliphatic carboxylic acids is 1. The summed E-state index contributed by atoms with van der Waals surface area (Å²) in [7, 11) is 0. The second-order valence-corrected chi connectivity index (χ2v) is 5.26. The highest BCUT2D eigenvalue weighted by Gasteiger charge is 2.39. The van der Waals surface area contributed by atoms with E-state index in [2.05, 4.69) is 20.6 Å².